The van der Waals surface area contributed by atoms with Gasteiger partial charge >= 0.3 is 5.97 Å². The van der Waals surface area contributed by atoms with Gasteiger partial charge in [0.2, 0.25) is 0 Å². The second kappa shape index (κ2) is 8.35. The molecule has 0 radical (unpaired) electrons. The van der Waals surface area contributed by atoms with Crippen LogP contribution < -0.4 is 5.32 Å². The number of rotatable bonds is 5. The summed E-state index contributed by atoms with van der Waals surface area (Å²) < 4.78 is 0. The predicted molar refractivity (Wildman–Crippen MR) is 103 cm³/mol. The molecular weight excluding hydrogens is 364 g/mol. The van der Waals surface area contributed by atoms with Gasteiger partial charge in [-0.3, -0.25) is 9.59 Å². The van der Waals surface area contributed by atoms with Crippen LogP contribution >= 0.6 is 11.3 Å². The number of hydrogen-bond acceptors (Lipinski definition) is 4. The SMILES string of the molecule is CC1CCN(C(=O)c2ccc(CNC(=O)c3cccs3)cc2)C(C(=O)O)C1. The largest absolute Gasteiger partial charge is 0.480 e. The Morgan fingerprint density at radius 2 is 1.96 bits per heavy atom. The number of aliphatic carboxylic acids is 1. The average Bonchev–Trinajstić information content (AvgIpc) is 3.21. The molecule has 2 unspecified atom stereocenters. The summed E-state index contributed by atoms with van der Waals surface area (Å²) in [5, 5.41) is 14.1. The molecule has 3 rings (SSSR count). The Labute approximate surface area is 161 Å². The Kier molecular flexibility index (Phi) is 5.91. The second-order valence-electron chi connectivity index (χ2n) is 6.84. The standard InChI is InChI=1S/C20H22N2O4S/c1-13-8-9-22(16(11-13)20(25)26)19(24)15-6-4-14(5-7-15)12-21-18(23)17-3-2-10-27-17/h2-7,10,13,16H,8-9,11-12H2,1H3,(H,21,23)(H,25,26). The molecule has 0 saturated carbocycles. The number of benzene rings is 1. The Hall–Kier alpha value is -2.67. The predicted octanol–water partition coefficient (Wildman–Crippen LogP) is 3.00. The third-order valence-corrected chi connectivity index (χ3v) is 5.68. The van der Waals surface area contributed by atoms with Gasteiger partial charge in [0.05, 0.1) is 4.88 Å². The van der Waals surface area contributed by atoms with E-state index in [4.69, 9.17) is 0 Å². The summed E-state index contributed by atoms with van der Waals surface area (Å²) in [6.07, 6.45) is 1.29. The van der Waals surface area contributed by atoms with E-state index in [2.05, 4.69) is 5.32 Å². The Morgan fingerprint density at radius 3 is 2.59 bits per heavy atom. The highest BCUT2D eigenvalue weighted by atomic mass is 32.1. The molecule has 1 saturated heterocycles. The molecule has 2 heterocycles. The van der Waals surface area contributed by atoms with Gasteiger partial charge in [-0.25, -0.2) is 4.79 Å². The monoisotopic (exact) mass is 386 g/mol. The molecule has 7 heteroatoms. The molecule has 1 aromatic heterocycles. The van der Waals surface area contributed by atoms with Gasteiger partial charge in [-0.2, -0.15) is 0 Å². The third kappa shape index (κ3) is 4.54. The number of carboxylic acid groups (broad SMARTS) is 1. The number of carbonyl (C=O) groups is 3. The van der Waals surface area contributed by atoms with E-state index in [0.29, 0.717) is 35.9 Å². The van der Waals surface area contributed by atoms with E-state index in [0.717, 1.165) is 12.0 Å². The van der Waals surface area contributed by atoms with Gasteiger partial charge in [0, 0.05) is 18.7 Å². The van der Waals surface area contributed by atoms with Gasteiger partial charge in [0.15, 0.2) is 0 Å². The van der Waals surface area contributed by atoms with E-state index in [1.165, 1.54) is 16.2 Å². The maximum atomic E-state index is 12.7. The van der Waals surface area contributed by atoms with Crippen LogP contribution in [-0.2, 0) is 11.3 Å². The lowest BCUT2D eigenvalue weighted by atomic mass is 9.92. The quantitative estimate of drug-likeness (QED) is 0.827. The molecule has 2 amide bonds. The van der Waals surface area contributed by atoms with Crippen molar-refractivity contribution in [1.29, 1.82) is 0 Å². The number of piperidine rings is 1. The fourth-order valence-electron chi connectivity index (χ4n) is 3.23. The van der Waals surface area contributed by atoms with Gasteiger partial charge in [-0.15, -0.1) is 11.3 Å². The van der Waals surface area contributed by atoms with Crippen molar-refractivity contribution in [2.24, 2.45) is 5.92 Å². The number of nitrogens with zero attached hydrogens (tertiary/aromatic N) is 1. The first-order chi connectivity index (χ1) is 13.0. The van der Waals surface area contributed by atoms with E-state index < -0.39 is 12.0 Å². The smallest absolute Gasteiger partial charge is 0.326 e. The van der Waals surface area contributed by atoms with Crippen LogP contribution in [0.15, 0.2) is 41.8 Å². The maximum absolute atomic E-state index is 12.7. The first-order valence-corrected chi connectivity index (χ1v) is 9.78. The summed E-state index contributed by atoms with van der Waals surface area (Å²) in [7, 11) is 0. The number of carboxylic acids is 1. The van der Waals surface area contributed by atoms with E-state index in [1.807, 2.05) is 18.4 Å². The van der Waals surface area contributed by atoms with Gasteiger partial charge in [-0.1, -0.05) is 25.1 Å². The van der Waals surface area contributed by atoms with Crippen molar-refractivity contribution in [2.45, 2.75) is 32.4 Å². The number of likely N-dealkylation sites (tertiary alicyclic amines) is 1. The second-order valence-corrected chi connectivity index (χ2v) is 7.79. The van der Waals surface area contributed by atoms with Crippen LogP contribution in [0, 0.1) is 5.92 Å². The van der Waals surface area contributed by atoms with Crippen molar-refractivity contribution in [2.75, 3.05) is 6.54 Å². The van der Waals surface area contributed by atoms with Crippen LogP contribution in [0.3, 0.4) is 0 Å². The molecule has 1 fully saturated rings. The zero-order valence-electron chi connectivity index (χ0n) is 15.1. The molecule has 2 atom stereocenters. The summed E-state index contributed by atoms with van der Waals surface area (Å²) in [4.78, 5) is 38.3. The highest BCUT2D eigenvalue weighted by Gasteiger charge is 2.35. The number of carbonyl (C=O) groups excluding carboxylic acids is 2. The molecule has 2 N–H and O–H groups in total. The van der Waals surface area contributed by atoms with Crippen LogP contribution in [0.4, 0.5) is 0 Å². The van der Waals surface area contributed by atoms with Crippen LogP contribution in [0.2, 0.25) is 0 Å². The molecule has 0 bridgehead atoms. The Morgan fingerprint density at radius 1 is 1.22 bits per heavy atom. The molecule has 27 heavy (non-hydrogen) atoms. The van der Waals surface area contributed by atoms with E-state index in [9.17, 15) is 19.5 Å². The molecule has 142 valence electrons. The zero-order chi connectivity index (χ0) is 19.4. The third-order valence-electron chi connectivity index (χ3n) is 4.81. The van der Waals surface area contributed by atoms with Crippen LogP contribution in [0.5, 0.6) is 0 Å². The van der Waals surface area contributed by atoms with Gasteiger partial charge in [-0.05, 0) is 47.9 Å². The van der Waals surface area contributed by atoms with Crippen LogP contribution in [-0.4, -0.2) is 40.4 Å². The fourth-order valence-corrected chi connectivity index (χ4v) is 3.87. The summed E-state index contributed by atoms with van der Waals surface area (Å²) in [6.45, 7) is 2.83. The summed E-state index contributed by atoms with van der Waals surface area (Å²) >= 11 is 1.38. The lowest BCUT2D eigenvalue weighted by Gasteiger charge is -2.36. The highest BCUT2D eigenvalue weighted by molar-refractivity contribution is 7.12. The van der Waals surface area contributed by atoms with Crippen LogP contribution in [0.1, 0.15) is 45.4 Å². The lowest BCUT2D eigenvalue weighted by Crippen LogP contribution is -2.49. The minimum atomic E-state index is -0.956. The summed E-state index contributed by atoms with van der Waals surface area (Å²) in [6, 6.07) is 9.75. The first-order valence-electron chi connectivity index (χ1n) is 8.90. The molecular formula is C20H22N2O4S. The average molecular weight is 386 g/mol. The number of amides is 2. The molecule has 6 nitrogen and oxygen atoms in total. The Balaban J connectivity index is 1.63. The topological polar surface area (TPSA) is 86.7 Å². The van der Waals surface area contributed by atoms with E-state index >= 15 is 0 Å². The zero-order valence-corrected chi connectivity index (χ0v) is 15.9. The fraction of sp³-hybridized carbons (Fsp3) is 0.350. The van der Waals surface area contributed by atoms with Crippen LogP contribution in [0.25, 0.3) is 0 Å². The van der Waals surface area contributed by atoms with Gasteiger partial charge in [0.1, 0.15) is 6.04 Å². The first kappa shape index (κ1) is 19.1. The molecule has 1 aliphatic rings. The minimum Gasteiger partial charge on any atom is -0.480 e. The van der Waals surface area contributed by atoms with Gasteiger partial charge < -0.3 is 15.3 Å². The van der Waals surface area contributed by atoms with Crippen molar-refractivity contribution in [3.63, 3.8) is 0 Å². The highest BCUT2D eigenvalue weighted by Crippen LogP contribution is 2.24. The maximum Gasteiger partial charge on any atom is 0.326 e. The number of nitrogens with one attached hydrogen (secondary N) is 1. The van der Waals surface area contributed by atoms with E-state index in [1.54, 1.807) is 30.3 Å². The molecule has 1 aliphatic heterocycles. The molecule has 2 aromatic rings. The lowest BCUT2D eigenvalue weighted by molar-refractivity contribution is -0.144. The van der Waals surface area contributed by atoms with E-state index in [-0.39, 0.29) is 11.8 Å². The van der Waals surface area contributed by atoms with Crippen molar-refractivity contribution < 1.29 is 19.5 Å². The Bertz CT molecular complexity index is 817. The normalized spacial score (nSPS) is 19.5. The van der Waals surface area contributed by atoms with Crippen molar-refractivity contribution in [3.8, 4) is 0 Å². The molecule has 0 spiro atoms. The minimum absolute atomic E-state index is 0.128. The number of thiophene rings is 1. The van der Waals surface area contributed by atoms with Crippen molar-refractivity contribution >= 4 is 29.1 Å². The van der Waals surface area contributed by atoms with Crippen molar-refractivity contribution in [3.05, 3.63) is 57.8 Å². The molecule has 1 aromatic carbocycles. The summed E-state index contributed by atoms with van der Waals surface area (Å²) in [5.41, 5.74) is 1.34. The molecule has 0 aliphatic carbocycles. The summed E-state index contributed by atoms with van der Waals surface area (Å²) in [5.74, 6) is -1.05. The van der Waals surface area contributed by atoms with Crippen molar-refractivity contribution in [1.82, 2.24) is 10.2 Å². The van der Waals surface area contributed by atoms with Gasteiger partial charge in [0.25, 0.3) is 11.8 Å². The number of hydrogen-bond donors (Lipinski definition) is 2.